The van der Waals surface area contributed by atoms with E-state index in [0.717, 1.165) is 0 Å². The van der Waals surface area contributed by atoms with Gasteiger partial charge in [-0.25, -0.2) is 0 Å². The Hall–Kier alpha value is -3.28. The lowest BCUT2D eigenvalue weighted by atomic mass is 9.95. The first-order valence-corrected chi connectivity index (χ1v) is 11.1. The molecule has 0 saturated carbocycles. The number of benzene rings is 3. The maximum Gasteiger partial charge on any atom is 0.300 e. The van der Waals surface area contributed by atoms with Crippen LogP contribution < -0.4 is 9.64 Å². The first kappa shape index (κ1) is 22.9. The summed E-state index contributed by atoms with van der Waals surface area (Å²) >= 11 is 12.1. The number of para-hydroxylation sites is 1. The van der Waals surface area contributed by atoms with Gasteiger partial charge in [0.25, 0.3) is 11.7 Å². The molecule has 5 nitrogen and oxygen atoms in total. The number of amides is 1. The monoisotopic (exact) mass is 481 g/mol. The van der Waals surface area contributed by atoms with E-state index in [-0.39, 0.29) is 28.0 Å². The number of carbonyl (C=O) groups excluding carboxylic acids is 2. The van der Waals surface area contributed by atoms with Crippen molar-refractivity contribution in [2.75, 3.05) is 4.90 Å². The predicted molar refractivity (Wildman–Crippen MR) is 130 cm³/mol. The van der Waals surface area contributed by atoms with Gasteiger partial charge in [-0.05, 0) is 61.9 Å². The summed E-state index contributed by atoms with van der Waals surface area (Å²) in [4.78, 5) is 27.8. The van der Waals surface area contributed by atoms with Crippen LogP contribution in [-0.4, -0.2) is 22.9 Å². The lowest BCUT2D eigenvalue weighted by Gasteiger charge is -2.26. The van der Waals surface area contributed by atoms with Gasteiger partial charge in [0, 0.05) is 11.3 Å². The minimum absolute atomic E-state index is 0.0380. The third-order valence-electron chi connectivity index (χ3n) is 5.22. The van der Waals surface area contributed by atoms with Crippen LogP contribution in [0.5, 0.6) is 5.75 Å². The van der Waals surface area contributed by atoms with Gasteiger partial charge in [-0.1, -0.05) is 53.5 Å². The number of halogens is 2. The molecule has 3 aromatic carbocycles. The number of hydrogen-bond donors (Lipinski definition) is 1. The van der Waals surface area contributed by atoms with E-state index in [1.165, 1.54) is 17.0 Å². The molecule has 1 saturated heterocycles. The fraction of sp³-hybridized carbons (Fsp3) is 0.154. The molecule has 4 rings (SSSR count). The van der Waals surface area contributed by atoms with Crippen molar-refractivity contribution in [3.63, 3.8) is 0 Å². The van der Waals surface area contributed by atoms with Gasteiger partial charge in [-0.2, -0.15) is 0 Å². The van der Waals surface area contributed by atoms with Gasteiger partial charge in [0.05, 0.1) is 27.8 Å². The van der Waals surface area contributed by atoms with Crippen LogP contribution in [0.1, 0.15) is 31.0 Å². The smallest absolute Gasteiger partial charge is 0.300 e. The van der Waals surface area contributed by atoms with Crippen molar-refractivity contribution >= 4 is 46.3 Å². The van der Waals surface area contributed by atoms with Crippen molar-refractivity contribution < 1.29 is 19.4 Å². The molecule has 1 atom stereocenters. The van der Waals surface area contributed by atoms with Gasteiger partial charge in [0.1, 0.15) is 11.5 Å². The quantitative estimate of drug-likeness (QED) is 0.259. The first-order chi connectivity index (χ1) is 15.8. The van der Waals surface area contributed by atoms with E-state index in [0.29, 0.717) is 22.0 Å². The summed E-state index contributed by atoms with van der Waals surface area (Å²) in [6.07, 6.45) is -0.0584. The highest BCUT2D eigenvalue weighted by Gasteiger charge is 2.47. The molecule has 3 aromatic rings. The van der Waals surface area contributed by atoms with Crippen molar-refractivity contribution in [1.29, 1.82) is 0 Å². The number of ether oxygens (including phenoxy) is 1. The van der Waals surface area contributed by atoms with Gasteiger partial charge in [-0.3, -0.25) is 14.5 Å². The van der Waals surface area contributed by atoms with Crippen molar-refractivity contribution in [1.82, 2.24) is 0 Å². The van der Waals surface area contributed by atoms with Crippen molar-refractivity contribution in [3.05, 3.63) is 99.5 Å². The summed E-state index contributed by atoms with van der Waals surface area (Å²) in [5.41, 5.74) is 1.41. The molecule has 1 unspecified atom stereocenters. The molecule has 0 radical (unpaired) electrons. The second-order valence-corrected chi connectivity index (χ2v) is 8.69. The zero-order valence-corrected chi connectivity index (χ0v) is 19.5. The van der Waals surface area contributed by atoms with E-state index in [4.69, 9.17) is 27.9 Å². The molecule has 1 amide bonds. The zero-order valence-electron chi connectivity index (χ0n) is 18.0. The van der Waals surface area contributed by atoms with Gasteiger partial charge >= 0.3 is 0 Å². The summed E-state index contributed by atoms with van der Waals surface area (Å²) in [6, 6.07) is 19.7. The van der Waals surface area contributed by atoms with E-state index in [2.05, 4.69) is 0 Å². The van der Waals surface area contributed by atoms with E-state index in [9.17, 15) is 14.7 Å². The molecule has 0 aromatic heterocycles. The van der Waals surface area contributed by atoms with Crippen LogP contribution >= 0.6 is 23.2 Å². The third-order valence-corrected chi connectivity index (χ3v) is 5.96. The maximum absolute atomic E-state index is 13.2. The van der Waals surface area contributed by atoms with Crippen LogP contribution in [-0.2, 0) is 9.59 Å². The maximum atomic E-state index is 13.2. The number of aliphatic hydroxyl groups excluding tert-OH is 1. The van der Waals surface area contributed by atoms with Crippen LogP contribution in [0.4, 0.5) is 5.69 Å². The predicted octanol–water partition coefficient (Wildman–Crippen LogP) is 6.41. The molecule has 7 heteroatoms. The number of ketones is 1. The molecular weight excluding hydrogens is 461 g/mol. The van der Waals surface area contributed by atoms with Crippen LogP contribution in [0.2, 0.25) is 10.0 Å². The first-order valence-electron chi connectivity index (χ1n) is 10.4. The van der Waals surface area contributed by atoms with Crippen molar-refractivity contribution in [3.8, 4) is 5.75 Å². The fourth-order valence-electron chi connectivity index (χ4n) is 3.83. The number of rotatable bonds is 5. The zero-order chi connectivity index (χ0) is 23.7. The molecule has 168 valence electrons. The van der Waals surface area contributed by atoms with E-state index >= 15 is 0 Å². The highest BCUT2D eigenvalue weighted by molar-refractivity contribution is 6.51. The Morgan fingerprint density at radius 1 is 0.939 bits per heavy atom. The van der Waals surface area contributed by atoms with Gasteiger partial charge < -0.3 is 9.84 Å². The minimum atomic E-state index is -0.863. The Labute approximate surface area is 201 Å². The van der Waals surface area contributed by atoms with Crippen molar-refractivity contribution in [2.24, 2.45) is 0 Å². The number of nitrogens with zero attached hydrogens (tertiary/aromatic N) is 1. The summed E-state index contributed by atoms with van der Waals surface area (Å²) in [5, 5.41) is 11.7. The minimum Gasteiger partial charge on any atom is -0.507 e. The van der Waals surface area contributed by atoms with E-state index in [1.54, 1.807) is 54.6 Å². The standard InChI is InChI=1S/C26H21Cl2NO4/c1-15(2)33-19-10-6-7-16(13-19)23-22(24(30)17-11-12-20(27)21(28)14-17)25(31)26(32)29(23)18-8-4-3-5-9-18/h3-15,23,30H,1-2H3/b24-22-. The second-order valence-electron chi connectivity index (χ2n) is 7.87. The largest absolute Gasteiger partial charge is 0.507 e. The average molecular weight is 482 g/mol. The Morgan fingerprint density at radius 2 is 1.67 bits per heavy atom. The van der Waals surface area contributed by atoms with Gasteiger partial charge in [0.15, 0.2) is 0 Å². The van der Waals surface area contributed by atoms with Gasteiger partial charge in [0.2, 0.25) is 0 Å². The van der Waals surface area contributed by atoms with Crippen LogP contribution in [0.25, 0.3) is 5.76 Å². The molecule has 0 aliphatic carbocycles. The van der Waals surface area contributed by atoms with Crippen molar-refractivity contribution in [2.45, 2.75) is 26.0 Å². The molecule has 1 fully saturated rings. The molecule has 1 N–H and O–H groups in total. The highest BCUT2D eigenvalue weighted by Crippen LogP contribution is 2.43. The Balaban J connectivity index is 1.93. The summed E-state index contributed by atoms with van der Waals surface area (Å²) in [6.45, 7) is 3.82. The fourth-order valence-corrected chi connectivity index (χ4v) is 4.13. The third kappa shape index (κ3) is 4.47. The molecule has 1 heterocycles. The SMILES string of the molecule is CC(C)Oc1cccc(C2/C(=C(/O)c3ccc(Cl)c(Cl)c3)C(=O)C(=O)N2c2ccccc2)c1. The van der Waals surface area contributed by atoms with E-state index < -0.39 is 17.7 Å². The number of Topliss-reactive ketones (excluding diaryl/α,β-unsaturated/α-hetero) is 1. The Morgan fingerprint density at radius 3 is 2.33 bits per heavy atom. The Kier molecular flexibility index (Phi) is 6.45. The number of aliphatic hydroxyl groups is 1. The Bertz CT molecular complexity index is 1250. The number of carbonyl (C=O) groups is 2. The highest BCUT2D eigenvalue weighted by atomic mass is 35.5. The normalized spacial score (nSPS) is 17.6. The second kappa shape index (κ2) is 9.30. The lowest BCUT2D eigenvalue weighted by molar-refractivity contribution is -0.132. The molecule has 33 heavy (non-hydrogen) atoms. The van der Waals surface area contributed by atoms with Crippen LogP contribution in [0, 0.1) is 0 Å². The summed E-state index contributed by atoms with van der Waals surface area (Å²) in [7, 11) is 0. The average Bonchev–Trinajstić information content (AvgIpc) is 3.06. The summed E-state index contributed by atoms with van der Waals surface area (Å²) in [5.74, 6) is -1.26. The summed E-state index contributed by atoms with van der Waals surface area (Å²) < 4.78 is 5.82. The number of anilines is 1. The van der Waals surface area contributed by atoms with Crippen LogP contribution in [0.3, 0.4) is 0 Å². The number of hydrogen-bond acceptors (Lipinski definition) is 4. The topological polar surface area (TPSA) is 66.8 Å². The van der Waals surface area contributed by atoms with Gasteiger partial charge in [-0.15, -0.1) is 0 Å². The molecule has 0 bridgehead atoms. The molecule has 1 aliphatic rings. The molecular formula is C26H21Cl2NO4. The van der Waals surface area contributed by atoms with E-state index in [1.807, 2.05) is 19.9 Å². The van der Waals surface area contributed by atoms with Crippen LogP contribution in [0.15, 0.2) is 78.4 Å². The molecule has 1 aliphatic heterocycles. The molecule has 0 spiro atoms. The lowest BCUT2D eigenvalue weighted by Crippen LogP contribution is -2.29.